The van der Waals surface area contributed by atoms with Crippen molar-refractivity contribution in [3.05, 3.63) is 74.5 Å². The van der Waals surface area contributed by atoms with E-state index in [0.717, 1.165) is 34.3 Å². The summed E-state index contributed by atoms with van der Waals surface area (Å²) in [5.41, 5.74) is 5.68. The Kier molecular flexibility index (Phi) is 9.03. The van der Waals surface area contributed by atoms with Gasteiger partial charge in [0.15, 0.2) is 0 Å². The fourth-order valence-electron chi connectivity index (χ4n) is 6.35. The van der Waals surface area contributed by atoms with E-state index in [4.69, 9.17) is 4.74 Å². The zero-order valence-electron chi connectivity index (χ0n) is 25.7. The maximum Gasteiger partial charge on any atom is 0.401 e. The van der Waals surface area contributed by atoms with Crippen molar-refractivity contribution in [2.75, 3.05) is 39.8 Å². The molecule has 0 spiro atoms. The predicted molar refractivity (Wildman–Crippen MR) is 165 cm³/mol. The Bertz CT molecular complexity index is 1660. The molecule has 0 aromatic carbocycles. The van der Waals surface area contributed by atoms with Gasteiger partial charge in [-0.2, -0.15) is 13.2 Å². The number of carbonyl (C=O) groups is 1. The van der Waals surface area contributed by atoms with Crippen molar-refractivity contribution in [3.8, 4) is 5.75 Å². The number of ether oxygens (including phenoxy) is 1. The van der Waals surface area contributed by atoms with Gasteiger partial charge in [0.25, 0.3) is 11.5 Å². The second-order valence-electron chi connectivity index (χ2n) is 11.6. The summed E-state index contributed by atoms with van der Waals surface area (Å²) >= 11 is 0. The molecule has 12 heteroatoms. The molecule has 0 radical (unpaired) electrons. The van der Waals surface area contributed by atoms with Gasteiger partial charge in [-0.15, -0.1) is 0 Å². The number of carbonyl (C=O) groups excluding carboxylic acids is 1. The first kappa shape index (κ1) is 31.5. The third kappa shape index (κ3) is 6.46. The van der Waals surface area contributed by atoms with E-state index in [1.807, 2.05) is 38.3 Å². The molecule has 2 aliphatic heterocycles. The number of fused-ring (bicyclic) bond motifs is 1. The Morgan fingerprint density at radius 2 is 1.91 bits per heavy atom. The summed E-state index contributed by atoms with van der Waals surface area (Å²) in [5, 5.41) is 2.90. The summed E-state index contributed by atoms with van der Waals surface area (Å²) in [7, 11) is 1.48. The third-order valence-electron chi connectivity index (χ3n) is 8.66. The number of pyridine rings is 2. The minimum atomic E-state index is -4.23. The van der Waals surface area contributed by atoms with Gasteiger partial charge < -0.3 is 19.4 Å². The average molecular weight is 613 g/mol. The topological polar surface area (TPSA) is 94.4 Å². The summed E-state index contributed by atoms with van der Waals surface area (Å²) in [6, 6.07) is 5.47. The van der Waals surface area contributed by atoms with E-state index in [9.17, 15) is 22.8 Å². The number of aryl methyl sites for hydroxylation is 1. The first-order valence-electron chi connectivity index (χ1n) is 14.9. The van der Waals surface area contributed by atoms with Gasteiger partial charge in [-0.25, -0.2) is 0 Å². The molecule has 1 fully saturated rings. The maximum absolute atomic E-state index is 13.7. The number of methoxy groups -OCH3 is 1. The van der Waals surface area contributed by atoms with Crippen molar-refractivity contribution in [1.82, 2.24) is 24.5 Å². The normalized spacial score (nSPS) is 18.5. The van der Waals surface area contributed by atoms with Gasteiger partial charge in [-0.3, -0.25) is 24.4 Å². The lowest BCUT2D eigenvalue weighted by molar-refractivity contribution is -0.149. The molecule has 5 rings (SSSR count). The number of rotatable bonds is 9. The van der Waals surface area contributed by atoms with Gasteiger partial charge in [0, 0.05) is 67.1 Å². The molecule has 2 N–H and O–H groups in total. The number of piperazine rings is 1. The predicted octanol–water partition coefficient (Wildman–Crippen LogP) is 4.67. The molecular formula is C32H39F3N6O3. The maximum atomic E-state index is 13.7. The zero-order chi connectivity index (χ0) is 31.8. The van der Waals surface area contributed by atoms with Crippen LogP contribution in [0.4, 0.5) is 13.2 Å². The molecule has 236 valence electrons. The lowest BCUT2D eigenvalue weighted by atomic mass is 10.00. The summed E-state index contributed by atoms with van der Waals surface area (Å²) in [6.07, 6.45) is 2.52. The van der Waals surface area contributed by atoms with E-state index in [-0.39, 0.29) is 30.1 Å². The zero-order valence-corrected chi connectivity index (χ0v) is 25.7. The number of halogens is 3. The Labute approximate surface area is 254 Å². The second-order valence-corrected chi connectivity index (χ2v) is 11.6. The Morgan fingerprint density at radius 3 is 2.57 bits per heavy atom. The van der Waals surface area contributed by atoms with Crippen molar-refractivity contribution in [2.24, 2.45) is 4.99 Å². The van der Waals surface area contributed by atoms with Gasteiger partial charge in [0.2, 0.25) is 0 Å². The van der Waals surface area contributed by atoms with Crippen LogP contribution in [0.2, 0.25) is 0 Å². The highest BCUT2D eigenvalue weighted by Gasteiger charge is 2.34. The van der Waals surface area contributed by atoms with Crippen LogP contribution in [0.1, 0.15) is 64.7 Å². The number of H-pyrrole nitrogens is 1. The van der Waals surface area contributed by atoms with E-state index >= 15 is 0 Å². The fourth-order valence-corrected chi connectivity index (χ4v) is 6.35. The number of alkyl halides is 3. The van der Waals surface area contributed by atoms with Gasteiger partial charge in [-0.1, -0.05) is 6.92 Å². The Balaban J connectivity index is 1.49. The molecule has 1 saturated heterocycles. The highest BCUT2D eigenvalue weighted by Crippen LogP contribution is 2.33. The van der Waals surface area contributed by atoms with Gasteiger partial charge >= 0.3 is 6.18 Å². The number of hydrogen-bond donors (Lipinski definition) is 2. The van der Waals surface area contributed by atoms with Crippen LogP contribution >= 0.6 is 0 Å². The number of hydrogen-bond acceptors (Lipinski definition) is 6. The number of aliphatic imine (C=N–C) groups is 1. The van der Waals surface area contributed by atoms with Crippen LogP contribution < -0.4 is 15.6 Å². The third-order valence-corrected chi connectivity index (χ3v) is 8.66. The molecular weight excluding hydrogens is 573 g/mol. The van der Waals surface area contributed by atoms with Crippen LogP contribution in [-0.2, 0) is 6.54 Å². The van der Waals surface area contributed by atoms with Crippen molar-refractivity contribution in [1.29, 1.82) is 0 Å². The first-order valence-corrected chi connectivity index (χ1v) is 14.9. The van der Waals surface area contributed by atoms with E-state index in [1.165, 1.54) is 12.0 Å². The average Bonchev–Trinajstić information content (AvgIpc) is 3.62. The SMILES string of the molecule is CCC1N=CC=C1c1cc2cc(C(=O)NCc3c(OC)cc(C)[nH]c3=O)c(C)c(C(C)N3CCN(CC(F)(F)F)CC3)n2c1. The summed E-state index contributed by atoms with van der Waals surface area (Å²) in [4.78, 5) is 37.3. The van der Waals surface area contributed by atoms with Gasteiger partial charge in [0.05, 0.1) is 31.8 Å². The molecule has 9 nitrogen and oxygen atoms in total. The fraction of sp³-hybridized carbons (Fsp3) is 0.469. The van der Waals surface area contributed by atoms with E-state index in [0.29, 0.717) is 48.7 Å². The van der Waals surface area contributed by atoms with Crippen LogP contribution in [0.25, 0.3) is 11.1 Å². The number of aromatic amines is 1. The first-order chi connectivity index (χ1) is 20.9. The molecule has 3 aromatic heterocycles. The van der Waals surface area contributed by atoms with Crippen molar-refractivity contribution >= 4 is 23.2 Å². The standard InChI is InChI=1S/C32H39F3N6O3/c1-6-27-24(7-8-36-27)22-14-23-15-25(30(42)37-16-26-28(44-5)13-19(2)38-31(26)43)20(3)29(41(23)17-22)21(4)40-11-9-39(10-12-40)18-32(33,34)35/h7-8,13-15,17,21,27H,6,9-12,16,18H2,1-5H3,(H,37,42)(H,38,43). The Hall–Kier alpha value is -3.90. The van der Waals surface area contributed by atoms with Gasteiger partial charge in [0.1, 0.15) is 5.75 Å². The number of amides is 1. The number of nitrogens with zero attached hydrogens (tertiary/aromatic N) is 4. The molecule has 2 aliphatic rings. The highest BCUT2D eigenvalue weighted by molar-refractivity contribution is 5.98. The number of allylic oxidation sites excluding steroid dienone is 1. The van der Waals surface area contributed by atoms with Gasteiger partial charge in [-0.05, 0) is 68.2 Å². The molecule has 1 amide bonds. The molecule has 0 bridgehead atoms. The molecule has 44 heavy (non-hydrogen) atoms. The van der Waals surface area contributed by atoms with Crippen LogP contribution in [-0.4, -0.2) is 83.4 Å². The van der Waals surface area contributed by atoms with E-state index in [2.05, 4.69) is 37.7 Å². The lowest BCUT2D eigenvalue weighted by Crippen LogP contribution is -2.49. The molecule has 0 saturated carbocycles. The highest BCUT2D eigenvalue weighted by atomic mass is 19.4. The summed E-state index contributed by atoms with van der Waals surface area (Å²) in [5.74, 6) is 0.0551. The van der Waals surface area contributed by atoms with Crippen molar-refractivity contribution < 1.29 is 22.7 Å². The molecule has 2 atom stereocenters. The molecule has 3 aromatic rings. The summed E-state index contributed by atoms with van der Waals surface area (Å²) < 4.78 is 46.5. The second kappa shape index (κ2) is 12.6. The van der Waals surface area contributed by atoms with Crippen molar-refractivity contribution in [2.45, 2.75) is 58.9 Å². The minimum absolute atomic E-state index is 0.0248. The van der Waals surface area contributed by atoms with Crippen LogP contribution in [0.3, 0.4) is 0 Å². The van der Waals surface area contributed by atoms with Crippen LogP contribution in [0.5, 0.6) is 5.75 Å². The molecule has 0 aliphatic carbocycles. The molecule has 2 unspecified atom stereocenters. The quantitative estimate of drug-likeness (QED) is 0.367. The largest absolute Gasteiger partial charge is 0.496 e. The lowest BCUT2D eigenvalue weighted by Gasteiger charge is -2.39. The summed E-state index contributed by atoms with van der Waals surface area (Å²) in [6.45, 7) is 8.37. The number of nitrogens with one attached hydrogen (secondary N) is 2. The molecule has 5 heterocycles. The minimum Gasteiger partial charge on any atom is -0.496 e. The van der Waals surface area contributed by atoms with Crippen LogP contribution in [0, 0.1) is 13.8 Å². The van der Waals surface area contributed by atoms with Crippen molar-refractivity contribution in [3.63, 3.8) is 0 Å². The van der Waals surface area contributed by atoms with Crippen LogP contribution in [0.15, 0.2) is 40.3 Å². The Morgan fingerprint density at radius 1 is 1.18 bits per heavy atom. The van der Waals surface area contributed by atoms with E-state index < -0.39 is 12.7 Å². The monoisotopic (exact) mass is 612 g/mol. The number of aromatic nitrogens is 2. The van der Waals surface area contributed by atoms with E-state index in [1.54, 1.807) is 13.0 Å². The smallest absolute Gasteiger partial charge is 0.401 e.